The summed E-state index contributed by atoms with van der Waals surface area (Å²) in [4.78, 5) is 4.84. The second-order valence-electron chi connectivity index (χ2n) is 13.0. The molecule has 3 nitrogen and oxygen atoms in total. The molecule has 0 atom stereocenters. The molecule has 0 amide bonds. The monoisotopic (exact) mass is 765 g/mol. The summed E-state index contributed by atoms with van der Waals surface area (Å²) in [5, 5.41) is 7.69. The van der Waals surface area contributed by atoms with E-state index >= 15 is 0 Å². The molecule has 0 fully saturated rings. The van der Waals surface area contributed by atoms with Gasteiger partial charge in [0.15, 0.2) is 0 Å². The molecular formula is C49H38ClN3P2. The highest BCUT2D eigenvalue weighted by molar-refractivity contribution is 7.88. The van der Waals surface area contributed by atoms with E-state index in [0.717, 1.165) is 22.6 Å². The van der Waals surface area contributed by atoms with Gasteiger partial charge in [0.2, 0.25) is 0 Å². The summed E-state index contributed by atoms with van der Waals surface area (Å²) in [5.41, 5.74) is 3.37. The highest BCUT2D eigenvalue weighted by atomic mass is 35.5. The maximum atomic E-state index is 7.07. The van der Waals surface area contributed by atoms with Gasteiger partial charge in [-0.05, 0) is 42.0 Å². The molecule has 0 unspecified atom stereocenters. The lowest BCUT2D eigenvalue weighted by atomic mass is 10.2. The first-order chi connectivity index (χ1) is 27.1. The summed E-state index contributed by atoms with van der Waals surface area (Å²) in [5.74, 6) is 0. The van der Waals surface area contributed by atoms with Crippen LogP contribution in [0.1, 0.15) is 5.56 Å². The fourth-order valence-corrected chi connectivity index (χ4v) is 14.2. The van der Waals surface area contributed by atoms with Gasteiger partial charge in [0.1, 0.15) is 0 Å². The zero-order valence-corrected chi connectivity index (χ0v) is 32.6. The molecule has 8 aromatic rings. The van der Waals surface area contributed by atoms with Crippen LogP contribution >= 0.6 is 25.7 Å². The lowest BCUT2D eigenvalue weighted by Crippen LogP contribution is -2.25. The van der Waals surface area contributed by atoms with Gasteiger partial charge in [-0.25, -0.2) is 0 Å². The summed E-state index contributed by atoms with van der Waals surface area (Å²) >= 11 is 7.07. The first-order valence-corrected chi connectivity index (χ1v) is 22.0. The van der Waals surface area contributed by atoms with Gasteiger partial charge in [0, 0.05) is 38.0 Å². The zero-order valence-electron chi connectivity index (χ0n) is 30.1. The van der Waals surface area contributed by atoms with Crippen molar-refractivity contribution in [3.8, 4) is 0 Å². The first kappa shape index (κ1) is 36.2. The number of rotatable bonds is 10. The number of hydrogen-bond donors (Lipinski definition) is 0. The quantitative estimate of drug-likeness (QED) is 0.0982. The molecule has 0 spiro atoms. The van der Waals surface area contributed by atoms with E-state index in [2.05, 4.69) is 176 Å². The van der Waals surface area contributed by atoms with Crippen molar-refractivity contribution in [3.05, 3.63) is 235 Å². The van der Waals surface area contributed by atoms with Crippen molar-refractivity contribution >= 4 is 80.8 Å². The van der Waals surface area contributed by atoms with Gasteiger partial charge in [0.05, 0.1) is 36.2 Å². The molecule has 0 heterocycles. The summed E-state index contributed by atoms with van der Waals surface area (Å²) in [6, 6.07) is 77.9. The van der Waals surface area contributed by atoms with Gasteiger partial charge in [-0.3, -0.25) is 14.5 Å². The summed E-state index contributed by atoms with van der Waals surface area (Å²) in [6.45, 7) is 0. The van der Waals surface area contributed by atoms with E-state index in [4.69, 9.17) is 26.1 Å². The van der Waals surface area contributed by atoms with Crippen molar-refractivity contribution in [2.24, 2.45) is 14.5 Å². The van der Waals surface area contributed by atoms with Crippen LogP contribution in [-0.2, 0) is 0 Å². The standard InChI is InChI=1S/C49H38ClN3P2/c50-48-37-39(31-36-49(48)53-55(45-25-13-4-14-26-45,46-27-15-5-16-28-46)47-29-17-6-18-30-47)38-51-40-32-34-41(35-33-40)52-54(42-19-7-1-8-20-42,43-21-9-2-10-22-43)44-23-11-3-12-24-44/h1-38H. The average molecular weight is 766 g/mol. The number of hydrogen-bond acceptors (Lipinski definition) is 3. The van der Waals surface area contributed by atoms with E-state index in [1.54, 1.807) is 0 Å². The van der Waals surface area contributed by atoms with E-state index < -0.39 is 14.1 Å². The largest absolute Gasteiger partial charge is 0.256 e. The number of benzene rings is 8. The van der Waals surface area contributed by atoms with Gasteiger partial charge >= 0.3 is 0 Å². The Bertz CT molecular complexity index is 2430. The summed E-state index contributed by atoms with van der Waals surface area (Å²) in [7, 11) is -4.83. The first-order valence-electron chi connectivity index (χ1n) is 18.2. The highest BCUT2D eigenvalue weighted by Gasteiger charge is 2.29. The van der Waals surface area contributed by atoms with Crippen LogP contribution in [0.3, 0.4) is 0 Å². The molecule has 0 aliphatic heterocycles. The molecule has 0 bridgehead atoms. The van der Waals surface area contributed by atoms with Gasteiger partial charge in [0.25, 0.3) is 0 Å². The molecule has 6 heteroatoms. The molecular weight excluding hydrogens is 728 g/mol. The second-order valence-corrected chi connectivity index (χ2v) is 19.4. The smallest absolute Gasteiger partial charge is 0.0811 e. The Morgan fingerprint density at radius 2 is 0.673 bits per heavy atom. The molecule has 0 saturated heterocycles. The van der Waals surface area contributed by atoms with Crippen LogP contribution in [0.15, 0.2) is 239 Å². The Balaban J connectivity index is 1.15. The molecule has 0 aliphatic carbocycles. The Hall–Kier alpha value is -5.82. The van der Waals surface area contributed by atoms with Crippen LogP contribution in [0.4, 0.5) is 17.1 Å². The van der Waals surface area contributed by atoms with Crippen LogP contribution in [0.5, 0.6) is 0 Å². The Kier molecular flexibility index (Phi) is 11.0. The maximum absolute atomic E-state index is 7.07. The number of nitrogens with zero attached hydrogens (tertiary/aromatic N) is 3. The van der Waals surface area contributed by atoms with E-state index in [9.17, 15) is 0 Å². The summed E-state index contributed by atoms with van der Waals surface area (Å²) < 4.78 is 11.2. The predicted molar refractivity (Wildman–Crippen MR) is 240 cm³/mol. The van der Waals surface area contributed by atoms with Gasteiger partial charge in [-0.15, -0.1) is 0 Å². The molecule has 0 saturated carbocycles. The van der Waals surface area contributed by atoms with Crippen molar-refractivity contribution in [2.45, 2.75) is 0 Å². The van der Waals surface area contributed by atoms with Crippen LogP contribution < -0.4 is 31.8 Å². The molecule has 0 N–H and O–H groups in total. The molecule has 0 radical (unpaired) electrons. The number of halogens is 1. The normalized spacial score (nSPS) is 11.7. The predicted octanol–water partition coefficient (Wildman–Crippen LogP) is 11.7. The third-order valence-corrected chi connectivity index (χ3v) is 17.1. The topological polar surface area (TPSA) is 37.1 Å². The van der Waals surface area contributed by atoms with E-state index in [0.29, 0.717) is 5.02 Å². The average Bonchev–Trinajstić information content (AvgIpc) is 3.27. The third-order valence-electron chi connectivity index (χ3n) is 9.49. The summed E-state index contributed by atoms with van der Waals surface area (Å²) in [6.07, 6.45) is 1.85. The van der Waals surface area contributed by atoms with Crippen LogP contribution in [0.25, 0.3) is 0 Å². The minimum atomic E-state index is -2.46. The zero-order chi connectivity index (χ0) is 37.3. The van der Waals surface area contributed by atoms with Crippen molar-refractivity contribution in [3.63, 3.8) is 0 Å². The minimum absolute atomic E-state index is 0.577. The van der Waals surface area contributed by atoms with Crippen LogP contribution in [-0.4, -0.2) is 6.21 Å². The molecule has 8 rings (SSSR count). The highest BCUT2D eigenvalue weighted by Crippen LogP contribution is 2.51. The van der Waals surface area contributed by atoms with Gasteiger partial charge in [-0.2, -0.15) is 0 Å². The van der Waals surface area contributed by atoms with Crippen molar-refractivity contribution in [1.82, 2.24) is 0 Å². The molecule has 266 valence electrons. The van der Waals surface area contributed by atoms with E-state index in [1.807, 2.05) is 54.7 Å². The SMILES string of the molecule is Clc1cc(C=Nc2ccc(N=P(c3ccccc3)(c3ccccc3)c3ccccc3)cc2)ccc1N=P(c1ccccc1)(c1ccccc1)c1ccccc1. The van der Waals surface area contributed by atoms with E-state index in [1.165, 1.54) is 31.8 Å². The van der Waals surface area contributed by atoms with E-state index in [-0.39, 0.29) is 0 Å². The van der Waals surface area contributed by atoms with Crippen molar-refractivity contribution in [2.75, 3.05) is 0 Å². The van der Waals surface area contributed by atoms with Crippen LogP contribution in [0, 0.1) is 0 Å². The fraction of sp³-hybridized carbons (Fsp3) is 0. The lowest BCUT2D eigenvalue weighted by molar-refractivity contribution is 1.48. The Morgan fingerprint density at radius 3 is 1.02 bits per heavy atom. The fourth-order valence-electron chi connectivity index (χ4n) is 6.88. The van der Waals surface area contributed by atoms with Crippen molar-refractivity contribution in [1.29, 1.82) is 0 Å². The van der Waals surface area contributed by atoms with Crippen LogP contribution in [0.2, 0.25) is 5.02 Å². The lowest BCUT2D eigenvalue weighted by Gasteiger charge is -2.27. The second kappa shape index (κ2) is 16.7. The van der Waals surface area contributed by atoms with Gasteiger partial charge < -0.3 is 0 Å². The molecule has 8 aromatic carbocycles. The third kappa shape index (κ3) is 7.61. The maximum Gasteiger partial charge on any atom is 0.0811 e. The molecule has 55 heavy (non-hydrogen) atoms. The van der Waals surface area contributed by atoms with Gasteiger partial charge in [-0.1, -0.05) is 200 Å². The number of aliphatic imine (C=N–C) groups is 1. The molecule has 0 aromatic heterocycles. The minimum Gasteiger partial charge on any atom is -0.256 e. The molecule has 0 aliphatic rings. The van der Waals surface area contributed by atoms with Crippen molar-refractivity contribution < 1.29 is 0 Å². The Morgan fingerprint density at radius 1 is 0.345 bits per heavy atom. The Labute approximate surface area is 328 Å².